The number of carboxylic acid groups (broad SMARTS) is 1. The van der Waals surface area contributed by atoms with E-state index in [1.54, 1.807) is 0 Å². The van der Waals surface area contributed by atoms with Crippen molar-refractivity contribution < 1.29 is 23.1 Å². The third-order valence-electron chi connectivity index (χ3n) is 2.23. The van der Waals surface area contributed by atoms with Crippen LogP contribution < -0.4 is 0 Å². The van der Waals surface area contributed by atoms with Crippen LogP contribution in [0.5, 0.6) is 0 Å². The maximum atomic E-state index is 12.5. The van der Waals surface area contributed by atoms with Gasteiger partial charge in [0.15, 0.2) is 0 Å². The van der Waals surface area contributed by atoms with E-state index in [0.29, 0.717) is 0 Å². The van der Waals surface area contributed by atoms with Crippen molar-refractivity contribution in [1.29, 1.82) is 0 Å². The second-order valence-corrected chi connectivity index (χ2v) is 3.78. The van der Waals surface area contributed by atoms with Crippen molar-refractivity contribution in [1.82, 2.24) is 4.40 Å². The molecule has 3 nitrogen and oxygen atoms in total. The maximum Gasteiger partial charge on any atom is 0.416 e. The number of rotatable bonds is 1. The fourth-order valence-corrected chi connectivity index (χ4v) is 1.72. The first-order valence-corrected chi connectivity index (χ1v) is 4.79. The molecule has 0 spiro atoms. The van der Waals surface area contributed by atoms with Gasteiger partial charge in [-0.05, 0) is 18.2 Å². The van der Waals surface area contributed by atoms with Gasteiger partial charge in [-0.3, -0.25) is 0 Å². The van der Waals surface area contributed by atoms with Gasteiger partial charge in [0.25, 0.3) is 0 Å². The van der Waals surface area contributed by atoms with Gasteiger partial charge in [-0.1, -0.05) is 11.6 Å². The molecule has 2 aromatic rings. The van der Waals surface area contributed by atoms with E-state index in [4.69, 9.17) is 16.7 Å². The van der Waals surface area contributed by atoms with Gasteiger partial charge < -0.3 is 9.51 Å². The van der Waals surface area contributed by atoms with Crippen LogP contribution in [0.15, 0.2) is 24.4 Å². The van der Waals surface area contributed by atoms with Gasteiger partial charge >= 0.3 is 12.1 Å². The van der Waals surface area contributed by atoms with E-state index in [-0.39, 0.29) is 16.2 Å². The molecule has 0 aliphatic rings. The first-order chi connectivity index (χ1) is 7.79. The smallest absolute Gasteiger partial charge is 0.416 e. The van der Waals surface area contributed by atoms with E-state index in [9.17, 15) is 18.0 Å². The number of carbonyl (C=O) groups is 1. The maximum absolute atomic E-state index is 12.5. The lowest BCUT2D eigenvalue weighted by Gasteiger charge is -2.08. The average Bonchev–Trinajstić information content (AvgIpc) is 2.60. The van der Waals surface area contributed by atoms with E-state index in [0.717, 1.165) is 18.2 Å². The number of nitrogens with zero attached hydrogens (tertiary/aromatic N) is 1. The summed E-state index contributed by atoms with van der Waals surface area (Å²) < 4.78 is 38.6. The highest BCUT2D eigenvalue weighted by Crippen LogP contribution is 2.32. The molecule has 0 amide bonds. The molecule has 7 heteroatoms. The minimum Gasteiger partial charge on any atom is -0.478 e. The quantitative estimate of drug-likeness (QED) is 0.802. The SMILES string of the molecule is O=C(O)c1cc2cc(C(F)(F)F)cc(Cl)n2c1. The summed E-state index contributed by atoms with van der Waals surface area (Å²) in [4.78, 5) is 10.7. The van der Waals surface area contributed by atoms with Crippen LogP contribution in [-0.2, 0) is 6.18 Å². The molecule has 0 atom stereocenters. The summed E-state index contributed by atoms with van der Waals surface area (Å²) >= 11 is 5.66. The van der Waals surface area contributed by atoms with Gasteiger partial charge in [0.2, 0.25) is 0 Å². The molecule has 1 N–H and O–H groups in total. The third kappa shape index (κ3) is 2.08. The molecule has 2 rings (SSSR count). The number of alkyl halides is 3. The van der Waals surface area contributed by atoms with Crippen LogP contribution in [0.1, 0.15) is 15.9 Å². The van der Waals surface area contributed by atoms with Crippen molar-refractivity contribution in [3.05, 3.63) is 40.7 Å². The second kappa shape index (κ2) is 3.66. The largest absolute Gasteiger partial charge is 0.478 e. The van der Waals surface area contributed by atoms with Crippen LogP contribution in [-0.4, -0.2) is 15.5 Å². The van der Waals surface area contributed by atoms with Gasteiger partial charge in [-0.25, -0.2) is 4.79 Å². The molecule has 0 saturated carbocycles. The van der Waals surface area contributed by atoms with Gasteiger partial charge in [0, 0.05) is 11.7 Å². The molecular weight excluding hydrogens is 259 g/mol. The Kier molecular flexibility index (Phi) is 2.54. The van der Waals surface area contributed by atoms with Gasteiger partial charge in [-0.2, -0.15) is 13.2 Å². The van der Waals surface area contributed by atoms with Gasteiger partial charge in [0.05, 0.1) is 11.1 Å². The van der Waals surface area contributed by atoms with Crippen LogP contribution in [0, 0.1) is 0 Å². The van der Waals surface area contributed by atoms with Crippen molar-refractivity contribution in [2.24, 2.45) is 0 Å². The van der Waals surface area contributed by atoms with Crippen molar-refractivity contribution in [2.75, 3.05) is 0 Å². The second-order valence-electron chi connectivity index (χ2n) is 3.39. The highest BCUT2D eigenvalue weighted by Gasteiger charge is 2.31. The summed E-state index contributed by atoms with van der Waals surface area (Å²) in [5.41, 5.74) is -0.946. The van der Waals surface area contributed by atoms with E-state index in [1.807, 2.05) is 0 Å². The zero-order chi connectivity index (χ0) is 12.8. The van der Waals surface area contributed by atoms with Crippen molar-refractivity contribution in [3.8, 4) is 0 Å². The lowest BCUT2D eigenvalue weighted by Crippen LogP contribution is -2.05. The molecule has 0 aliphatic heterocycles. The molecule has 17 heavy (non-hydrogen) atoms. The van der Waals surface area contributed by atoms with E-state index < -0.39 is 17.7 Å². The monoisotopic (exact) mass is 263 g/mol. The van der Waals surface area contributed by atoms with Gasteiger partial charge in [0.1, 0.15) is 5.15 Å². The number of fused-ring (bicyclic) bond motifs is 1. The summed E-state index contributed by atoms with van der Waals surface area (Å²) in [6.45, 7) is 0. The zero-order valence-electron chi connectivity index (χ0n) is 8.12. The van der Waals surface area contributed by atoms with Crippen LogP contribution in [0.25, 0.3) is 5.52 Å². The van der Waals surface area contributed by atoms with Gasteiger partial charge in [-0.15, -0.1) is 0 Å². The Labute approximate surface area is 98.0 Å². The average molecular weight is 264 g/mol. The van der Waals surface area contributed by atoms with Crippen molar-refractivity contribution in [3.63, 3.8) is 0 Å². The Bertz CT molecular complexity index is 603. The van der Waals surface area contributed by atoms with Crippen LogP contribution in [0.2, 0.25) is 5.15 Å². The predicted molar refractivity (Wildman–Crippen MR) is 54.4 cm³/mol. The first-order valence-electron chi connectivity index (χ1n) is 4.41. The number of pyridine rings is 1. The number of halogens is 4. The third-order valence-corrected chi connectivity index (χ3v) is 2.52. The number of aromatic carboxylic acids is 1. The zero-order valence-corrected chi connectivity index (χ0v) is 8.88. The highest BCUT2D eigenvalue weighted by molar-refractivity contribution is 6.30. The molecule has 0 unspecified atom stereocenters. The summed E-state index contributed by atoms with van der Waals surface area (Å²) in [6.07, 6.45) is -3.35. The van der Waals surface area contributed by atoms with Crippen LogP contribution in [0.3, 0.4) is 0 Å². The van der Waals surface area contributed by atoms with E-state index >= 15 is 0 Å². The Morgan fingerprint density at radius 1 is 1.29 bits per heavy atom. The summed E-state index contributed by atoms with van der Waals surface area (Å²) in [6, 6.07) is 2.72. The molecule has 0 bridgehead atoms. The fourth-order valence-electron chi connectivity index (χ4n) is 1.46. The molecule has 90 valence electrons. The Morgan fingerprint density at radius 3 is 2.47 bits per heavy atom. The minimum absolute atomic E-state index is 0.0854. The van der Waals surface area contributed by atoms with Crippen molar-refractivity contribution >= 4 is 23.1 Å². The van der Waals surface area contributed by atoms with E-state index in [2.05, 4.69) is 0 Å². The standard InChI is InChI=1S/C10H5ClF3NO2/c11-8-3-6(10(12,13)14)2-7-1-5(9(16)17)4-15(7)8/h1-4H,(H,16,17). The van der Waals surface area contributed by atoms with Crippen molar-refractivity contribution in [2.45, 2.75) is 6.18 Å². The lowest BCUT2D eigenvalue weighted by molar-refractivity contribution is -0.137. The molecule has 0 fully saturated rings. The number of hydrogen-bond acceptors (Lipinski definition) is 1. The molecule has 0 saturated heterocycles. The predicted octanol–water partition coefficient (Wildman–Crippen LogP) is 3.31. The normalized spacial score (nSPS) is 12.0. The summed E-state index contributed by atoms with van der Waals surface area (Å²) in [5.74, 6) is -1.22. The van der Waals surface area contributed by atoms with E-state index in [1.165, 1.54) is 10.6 Å². The summed E-state index contributed by atoms with van der Waals surface area (Å²) in [7, 11) is 0. The Morgan fingerprint density at radius 2 is 1.94 bits per heavy atom. The Balaban J connectivity index is 2.69. The number of hydrogen-bond donors (Lipinski definition) is 1. The summed E-state index contributed by atoms with van der Waals surface area (Å²) in [5, 5.41) is 8.53. The molecule has 2 heterocycles. The molecule has 0 aromatic carbocycles. The number of carboxylic acids is 1. The highest BCUT2D eigenvalue weighted by atomic mass is 35.5. The molecule has 0 radical (unpaired) electrons. The van der Waals surface area contributed by atoms with Crippen LogP contribution in [0.4, 0.5) is 13.2 Å². The molecule has 0 aliphatic carbocycles. The minimum atomic E-state index is -4.51. The Hall–Kier alpha value is -1.69. The topological polar surface area (TPSA) is 41.7 Å². The lowest BCUT2D eigenvalue weighted by atomic mass is 10.2. The molecule has 2 aromatic heterocycles. The first kappa shape index (κ1) is 11.8. The van der Waals surface area contributed by atoms with Crippen LogP contribution >= 0.6 is 11.6 Å². The fraction of sp³-hybridized carbons (Fsp3) is 0.100. The number of aromatic nitrogens is 1. The molecular formula is C10H5ClF3NO2.